The molecule has 102 valence electrons. The van der Waals surface area contributed by atoms with Crippen LogP contribution in [0.15, 0.2) is 30.5 Å². The number of halogens is 1. The number of carbonyl (C=O) groups is 1. The number of urea groups is 1. The normalized spacial score (nSPS) is 16.8. The number of benzene rings is 1. The monoisotopic (exact) mass is 262 g/mol. The van der Waals surface area contributed by atoms with Crippen LogP contribution in [-0.2, 0) is 0 Å². The summed E-state index contributed by atoms with van der Waals surface area (Å²) in [6, 6.07) is 6.06. The molecule has 1 fully saturated rings. The van der Waals surface area contributed by atoms with Gasteiger partial charge in [0, 0.05) is 19.3 Å². The van der Waals surface area contributed by atoms with Crippen molar-refractivity contribution < 1.29 is 9.18 Å². The van der Waals surface area contributed by atoms with E-state index in [4.69, 9.17) is 0 Å². The fourth-order valence-corrected chi connectivity index (χ4v) is 2.09. The van der Waals surface area contributed by atoms with Gasteiger partial charge in [0.05, 0.1) is 0 Å². The van der Waals surface area contributed by atoms with Crippen molar-refractivity contribution in [3.05, 3.63) is 41.8 Å². The van der Waals surface area contributed by atoms with Gasteiger partial charge in [-0.3, -0.25) is 0 Å². The van der Waals surface area contributed by atoms with E-state index < -0.39 is 0 Å². The molecule has 4 heteroatoms. The zero-order valence-corrected chi connectivity index (χ0v) is 11.1. The Morgan fingerprint density at radius 1 is 1.32 bits per heavy atom. The summed E-state index contributed by atoms with van der Waals surface area (Å²) < 4.78 is 12.7. The van der Waals surface area contributed by atoms with Gasteiger partial charge in [-0.05, 0) is 42.5 Å². The summed E-state index contributed by atoms with van der Waals surface area (Å²) >= 11 is 0. The van der Waals surface area contributed by atoms with Gasteiger partial charge in [-0.2, -0.15) is 0 Å². The van der Waals surface area contributed by atoms with Gasteiger partial charge >= 0.3 is 6.03 Å². The molecule has 0 aromatic heterocycles. The van der Waals surface area contributed by atoms with E-state index >= 15 is 0 Å². The molecule has 0 aliphatic carbocycles. The first-order valence-electron chi connectivity index (χ1n) is 6.63. The van der Waals surface area contributed by atoms with E-state index in [9.17, 15) is 9.18 Å². The standard InChI is InChI=1S/C15H19FN2O/c1-12-7-10-18(11-8-12)15(19)17-9-6-13-2-4-14(16)5-3-13/h2-6,9,12H,7-8,10-11H2,1H3,(H,17,19)/b9-6+. The summed E-state index contributed by atoms with van der Waals surface area (Å²) in [6.07, 6.45) is 5.49. The van der Waals surface area contributed by atoms with E-state index in [-0.39, 0.29) is 11.8 Å². The molecule has 1 aliphatic heterocycles. The number of nitrogens with zero attached hydrogens (tertiary/aromatic N) is 1. The van der Waals surface area contributed by atoms with Crippen LogP contribution in [0.4, 0.5) is 9.18 Å². The maximum Gasteiger partial charge on any atom is 0.321 e. The number of likely N-dealkylation sites (tertiary alicyclic amines) is 1. The molecule has 2 rings (SSSR count). The maximum atomic E-state index is 12.7. The molecule has 1 aliphatic rings. The average Bonchev–Trinajstić information content (AvgIpc) is 2.41. The van der Waals surface area contributed by atoms with Crippen molar-refractivity contribution in [1.82, 2.24) is 10.2 Å². The summed E-state index contributed by atoms with van der Waals surface area (Å²) in [5, 5.41) is 2.74. The van der Waals surface area contributed by atoms with Gasteiger partial charge in [0.25, 0.3) is 0 Å². The SMILES string of the molecule is CC1CCN(C(=O)N/C=C/c2ccc(F)cc2)CC1. The van der Waals surface area contributed by atoms with Crippen LogP contribution >= 0.6 is 0 Å². The summed E-state index contributed by atoms with van der Waals surface area (Å²) in [5.74, 6) is 0.447. The van der Waals surface area contributed by atoms with Crippen LogP contribution < -0.4 is 5.32 Å². The molecule has 2 amide bonds. The Kier molecular flexibility index (Phi) is 4.55. The molecular formula is C15H19FN2O. The second-order valence-corrected chi connectivity index (χ2v) is 5.00. The van der Waals surface area contributed by atoms with Crippen molar-refractivity contribution in [3.8, 4) is 0 Å². The topological polar surface area (TPSA) is 32.3 Å². The third-order valence-corrected chi connectivity index (χ3v) is 3.42. The highest BCUT2D eigenvalue weighted by atomic mass is 19.1. The Balaban J connectivity index is 1.81. The van der Waals surface area contributed by atoms with Gasteiger partial charge in [-0.15, -0.1) is 0 Å². The van der Waals surface area contributed by atoms with Crippen molar-refractivity contribution in [1.29, 1.82) is 0 Å². The lowest BCUT2D eigenvalue weighted by molar-refractivity contribution is 0.177. The fraction of sp³-hybridized carbons (Fsp3) is 0.400. The van der Waals surface area contributed by atoms with Gasteiger partial charge in [-0.1, -0.05) is 19.1 Å². The van der Waals surface area contributed by atoms with E-state index in [0.717, 1.165) is 31.5 Å². The van der Waals surface area contributed by atoms with Crippen molar-refractivity contribution in [3.63, 3.8) is 0 Å². The highest BCUT2D eigenvalue weighted by molar-refractivity contribution is 5.76. The Morgan fingerprint density at radius 2 is 1.95 bits per heavy atom. The second kappa shape index (κ2) is 6.36. The lowest BCUT2D eigenvalue weighted by Crippen LogP contribution is -2.42. The Labute approximate surface area is 113 Å². The first-order chi connectivity index (χ1) is 9.15. The number of nitrogens with one attached hydrogen (secondary N) is 1. The third-order valence-electron chi connectivity index (χ3n) is 3.42. The quantitative estimate of drug-likeness (QED) is 0.872. The zero-order valence-electron chi connectivity index (χ0n) is 11.1. The molecule has 3 nitrogen and oxygen atoms in total. The first kappa shape index (κ1) is 13.6. The summed E-state index contributed by atoms with van der Waals surface area (Å²) in [6.45, 7) is 3.85. The van der Waals surface area contributed by atoms with Gasteiger partial charge in [0.1, 0.15) is 5.82 Å². The number of piperidine rings is 1. The van der Waals surface area contributed by atoms with E-state index in [1.165, 1.54) is 12.1 Å². The molecule has 19 heavy (non-hydrogen) atoms. The molecule has 0 bridgehead atoms. The Morgan fingerprint density at radius 3 is 2.58 bits per heavy atom. The first-order valence-corrected chi connectivity index (χ1v) is 6.63. The third kappa shape index (κ3) is 4.09. The minimum atomic E-state index is -0.261. The molecule has 0 atom stereocenters. The fourth-order valence-electron chi connectivity index (χ4n) is 2.09. The van der Waals surface area contributed by atoms with Crippen molar-refractivity contribution in [2.75, 3.05) is 13.1 Å². The predicted molar refractivity (Wildman–Crippen MR) is 73.9 cm³/mol. The second-order valence-electron chi connectivity index (χ2n) is 5.00. The van der Waals surface area contributed by atoms with Gasteiger partial charge < -0.3 is 10.2 Å². The smallest absolute Gasteiger partial charge is 0.321 e. The Hall–Kier alpha value is -1.84. The van der Waals surface area contributed by atoms with Crippen LogP contribution in [0.2, 0.25) is 0 Å². The van der Waals surface area contributed by atoms with Gasteiger partial charge in [-0.25, -0.2) is 9.18 Å². The van der Waals surface area contributed by atoms with E-state index in [2.05, 4.69) is 12.2 Å². The highest BCUT2D eigenvalue weighted by Crippen LogP contribution is 2.15. The molecule has 1 N–H and O–H groups in total. The minimum Gasteiger partial charge on any atom is -0.325 e. The van der Waals surface area contributed by atoms with Crippen LogP contribution in [0.1, 0.15) is 25.3 Å². The molecule has 0 spiro atoms. The Bertz CT molecular complexity index is 448. The molecule has 1 aromatic carbocycles. The highest BCUT2D eigenvalue weighted by Gasteiger charge is 2.19. The van der Waals surface area contributed by atoms with Crippen molar-refractivity contribution in [2.45, 2.75) is 19.8 Å². The predicted octanol–water partition coefficient (Wildman–Crippen LogP) is 3.24. The number of amides is 2. The van der Waals surface area contributed by atoms with Crippen LogP contribution in [0.5, 0.6) is 0 Å². The molecule has 0 unspecified atom stereocenters. The van der Waals surface area contributed by atoms with Crippen LogP contribution in [-0.4, -0.2) is 24.0 Å². The molecule has 0 saturated carbocycles. The minimum absolute atomic E-state index is 0.0646. The molecule has 1 aromatic rings. The summed E-state index contributed by atoms with van der Waals surface area (Å²) in [4.78, 5) is 13.7. The zero-order chi connectivity index (χ0) is 13.7. The maximum absolute atomic E-state index is 12.7. The lowest BCUT2D eigenvalue weighted by Gasteiger charge is -2.29. The molecule has 1 heterocycles. The number of hydrogen-bond donors (Lipinski definition) is 1. The van der Waals surface area contributed by atoms with Gasteiger partial charge in [0.2, 0.25) is 0 Å². The number of hydrogen-bond acceptors (Lipinski definition) is 1. The molecule has 0 radical (unpaired) electrons. The van der Waals surface area contributed by atoms with Crippen LogP contribution in [0.25, 0.3) is 6.08 Å². The van der Waals surface area contributed by atoms with E-state index in [1.807, 2.05) is 4.90 Å². The molecule has 1 saturated heterocycles. The molecular weight excluding hydrogens is 243 g/mol. The number of carbonyl (C=O) groups excluding carboxylic acids is 1. The van der Waals surface area contributed by atoms with Crippen molar-refractivity contribution in [2.24, 2.45) is 5.92 Å². The van der Waals surface area contributed by atoms with E-state index in [0.29, 0.717) is 5.92 Å². The lowest BCUT2D eigenvalue weighted by atomic mass is 10.00. The largest absolute Gasteiger partial charge is 0.325 e. The van der Waals surface area contributed by atoms with Crippen LogP contribution in [0.3, 0.4) is 0 Å². The van der Waals surface area contributed by atoms with Gasteiger partial charge in [0.15, 0.2) is 0 Å². The average molecular weight is 262 g/mol. The van der Waals surface area contributed by atoms with E-state index in [1.54, 1.807) is 24.4 Å². The summed E-state index contributed by atoms with van der Waals surface area (Å²) in [7, 11) is 0. The van der Waals surface area contributed by atoms with Crippen LogP contribution in [0, 0.1) is 11.7 Å². The van der Waals surface area contributed by atoms with Crippen molar-refractivity contribution >= 4 is 12.1 Å². The summed E-state index contributed by atoms with van der Waals surface area (Å²) in [5.41, 5.74) is 0.856. The number of rotatable bonds is 2.